The summed E-state index contributed by atoms with van der Waals surface area (Å²) in [7, 11) is 0. The number of esters is 1. The molecule has 0 spiro atoms. The predicted octanol–water partition coefficient (Wildman–Crippen LogP) is 0.419. The lowest BCUT2D eigenvalue weighted by molar-refractivity contribution is -0.147. The zero-order chi connectivity index (χ0) is 11.4. The Labute approximate surface area is 94.8 Å². The minimum Gasteiger partial charge on any atom is -0.460 e. The highest BCUT2D eigenvalue weighted by atomic mass is 16.5. The van der Waals surface area contributed by atoms with Gasteiger partial charge in [-0.05, 0) is 18.5 Å². The number of carbonyl (C=O) groups excluding carboxylic acids is 1. The van der Waals surface area contributed by atoms with E-state index in [1.165, 1.54) is 0 Å². The molecule has 1 aromatic carbocycles. The maximum absolute atomic E-state index is 11.7. The first-order valence-electron chi connectivity index (χ1n) is 5.47. The van der Waals surface area contributed by atoms with Crippen LogP contribution in [0.5, 0.6) is 0 Å². The van der Waals surface area contributed by atoms with Crippen LogP contribution >= 0.6 is 0 Å². The van der Waals surface area contributed by atoms with Crippen LogP contribution in [0.2, 0.25) is 0 Å². The van der Waals surface area contributed by atoms with E-state index < -0.39 is 0 Å². The largest absolute Gasteiger partial charge is 0.460 e. The number of hydrogen-bond acceptors (Lipinski definition) is 4. The smallest absolute Gasteiger partial charge is 0.325 e. The van der Waals surface area contributed by atoms with Crippen molar-refractivity contribution in [2.75, 3.05) is 6.54 Å². The molecule has 0 aliphatic carbocycles. The van der Waals surface area contributed by atoms with Gasteiger partial charge in [0.2, 0.25) is 0 Å². The molecule has 2 atom stereocenters. The summed E-state index contributed by atoms with van der Waals surface area (Å²) in [5.41, 5.74) is 6.77. The first-order valence-corrected chi connectivity index (χ1v) is 5.47. The Morgan fingerprint density at radius 2 is 2.19 bits per heavy atom. The summed E-state index contributed by atoms with van der Waals surface area (Å²) in [6.07, 6.45) is 0.825. The van der Waals surface area contributed by atoms with Crippen molar-refractivity contribution < 1.29 is 9.53 Å². The highest BCUT2D eigenvalue weighted by Gasteiger charge is 2.30. The van der Waals surface area contributed by atoms with Crippen LogP contribution in [0.4, 0.5) is 0 Å². The maximum atomic E-state index is 11.7. The fourth-order valence-electron chi connectivity index (χ4n) is 1.80. The van der Waals surface area contributed by atoms with Gasteiger partial charge in [0.15, 0.2) is 0 Å². The highest BCUT2D eigenvalue weighted by molar-refractivity contribution is 5.77. The third-order valence-electron chi connectivity index (χ3n) is 2.75. The highest BCUT2D eigenvalue weighted by Crippen LogP contribution is 2.08. The van der Waals surface area contributed by atoms with Crippen molar-refractivity contribution >= 4 is 5.97 Å². The van der Waals surface area contributed by atoms with Crippen molar-refractivity contribution in [3.8, 4) is 0 Å². The Kier molecular flexibility index (Phi) is 3.54. The fraction of sp³-hybridized carbons (Fsp3) is 0.417. The molecule has 1 aliphatic rings. The van der Waals surface area contributed by atoms with Crippen LogP contribution in [0.3, 0.4) is 0 Å². The summed E-state index contributed by atoms with van der Waals surface area (Å²) in [5, 5.41) is 3.04. The molecule has 86 valence electrons. The second-order valence-corrected chi connectivity index (χ2v) is 3.98. The van der Waals surface area contributed by atoms with E-state index in [2.05, 4.69) is 5.32 Å². The summed E-state index contributed by atoms with van der Waals surface area (Å²) in [6, 6.07) is 9.16. The summed E-state index contributed by atoms with van der Waals surface area (Å²) in [6.45, 7) is 1.09. The lowest BCUT2D eigenvalue weighted by Crippen LogP contribution is -2.43. The molecule has 16 heavy (non-hydrogen) atoms. The average Bonchev–Trinajstić information content (AvgIpc) is 2.74. The van der Waals surface area contributed by atoms with E-state index in [1.807, 2.05) is 30.3 Å². The fourth-order valence-corrected chi connectivity index (χ4v) is 1.80. The van der Waals surface area contributed by atoms with E-state index in [-0.39, 0.29) is 18.1 Å². The van der Waals surface area contributed by atoms with Gasteiger partial charge in [-0.15, -0.1) is 0 Å². The van der Waals surface area contributed by atoms with Gasteiger partial charge >= 0.3 is 5.97 Å². The number of rotatable bonds is 3. The second-order valence-electron chi connectivity index (χ2n) is 3.98. The molecule has 1 fully saturated rings. The second kappa shape index (κ2) is 5.09. The molecule has 1 heterocycles. The van der Waals surface area contributed by atoms with Crippen molar-refractivity contribution in [2.45, 2.75) is 25.1 Å². The number of nitrogens with two attached hydrogens (primary N) is 1. The molecular formula is C12H16N2O2. The van der Waals surface area contributed by atoms with Crippen LogP contribution in [0.15, 0.2) is 30.3 Å². The van der Waals surface area contributed by atoms with Gasteiger partial charge in [-0.25, -0.2) is 0 Å². The molecule has 0 unspecified atom stereocenters. The van der Waals surface area contributed by atoms with Crippen LogP contribution in [0, 0.1) is 0 Å². The van der Waals surface area contributed by atoms with Crippen LogP contribution in [0.25, 0.3) is 0 Å². The van der Waals surface area contributed by atoms with Crippen molar-refractivity contribution in [1.82, 2.24) is 5.32 Å². The van der Waals surface area contributed by atoms with Gasteiger partial charge in [0.25, 0.3) is 0 Å². The number of benzene rings is 1. The van der Waals surface area contributed by atoms with E-state index >= 15 is 0 Å². The summed E-state index contributed by atoms with van der Waals surface area (Å²) < 4.78 is 5.20. The Balaban J connectivity index is 1.84. The zero-order valence-corrected chi connectivity index (χ0v) is 9.06. The summed E-state index contributed by atoms with van der Waals surface area (Å²) >= 11 is 0. The standard InChI is InChI=1S/C12H16N2O2/c13-10-6-7-14-11(10)12(15)16-8-9-4-2-1-3-5-9/h1-5,10-11,14H,6-8,13H2/t10-,11+/m1/s1. The lowest BCUT2D eigenvalue weighted by atomic mass is 10.1. The van der Waals surface area contributed by atoms with Crippen molar-refractivity contribution in [2.24, 2.45) is 5.73 Å². The molecule has 0 radical (unpaired) electrons. The molecule has 3 N–H and O–H groups in total. The van der Waals surface area contributed by atoms with Gasteiger partial charge in [-0.1, -0.05) is 30.3 Å². The SMILES string of the molecule is N[C@@H]1CCN[C@@H]1C(=O)OCc1ccccc1. The third-order valence-corrected chi connectivity index (χ3v) is 2.75. The van der Waals surface area contributed by atoms with Gasteiger partial charge in [-0.2, -0.15) is 0 Å². The first-order chi connectivity index (χ1) is 7.77. The van der Waals surface area contributed by atoms with E-state index in [1.54, 1.807) is 0 Å². The third kappa shape index (κ3) is 2.59. The quantitative estimate of drug-likeness (QED) is 0.725. The topological polar surface area (TPSA) is 64.3 Å². The van der Waals surface area contributed by atoms with E-state index in [0.29, 0.717) is 6.61 Å². The van der Waals surface area contributed by atoms with Gasteiger partial charge in [-0.3, -0.25) is 4.79 Å². The Bertz CT molecular complexity index is 353. The molecule has 2 rings (SSSR count). The number of hydrogen-bond donors (Lipinski definition) is 2. The van der Waals surface area contributed by atoms with Crippen LogP contribution in [0.1, 0.15) is 12.0 Å². The number of ether oxygens (including phenoxy) is 1. The van der Waals surface area contributed by atoms with Crippen molar-refractivity contribution in [3.05, 3.63) is 35.9 Å². The van der Waals surface area contributed by atoms with Crippen molar-refractivity contribution in [3.63, 3.8) is 0 Å². The Morgan fingerprint density at radius 3 is 2.81 bits per heavy atom. The van der Waals surface area contributed by atoms with Crippen molar-refractivity contribution in [1.29, 1.82) is 0 Å². The minimum absolute atomic E-state index is 0.122. The van der Waals surface area contributed by atoms with Crippen LogP contribution in [-0.2, 0) is 16.1 Å². The van der Waals surface area contributed by atoms with Gasteiger partial charge < -0.3 is 15.8 Å². The molecule has 4 nitrogen and oxygen atoms in total. The van der Waals surface area contributed by atoms with Crippen LogP contribution < -0.4 is 11.1 Å². The molecule has 0 saturated carbocycles. The average molecular weight is 220 g/mol. The maximum Gasteiger partial charge on any atom is 0.325 e. The first kappa shape index (κ1) is 11.1. The number of nitrogens with one attached hydrogen (secondary N) is 1. The molecule has 0 bridgehead atoms. The molecule has 4 heteroatoms. The van der Waals surface area contributed by atoms with Gasteiger partial charge in [0.1, 0.15) is 12.6 Å². The molecule has 1 aliphatic heterocycles. The van der Waals surface area contributed by atoms with Gasteiger partial charge in [0.05, 0.1) is 0 Å². The van der Waals surface area contributed by atoms with E-state index in [0.717, 1.165) is 18.5 Å². The Morgan fingerprint density at radius 1 is 1.44 bits per heavy atom. The lowest BCUT2D eigenvalue weighted by Gasteiger charge is -2.14. The molecule has 0 aromatic heterocycles. The molecule has 1 aromatic rings. The van der Waals surface area contributed by atoms with Crippen LogP contribution in [-0.4, -0.2) is 24.6 Å². The van der Waals surface area contributed by atoms with E-state index in [4.69, 9.17) is 10.5 Å². The number of carbonyl (C=O) groups is 1. The molecule has 0 amide bonds. The predicted molar refractivity (Wildman–Crippen MR) is 60.6 cm³/mol. The zero-order valence-electron chi connectivity index (χ0n) is 9.06. The minimum atomic E-state index is -0.344. The monoisotopic (exact) mass is 220 g/mol. The molecule has 1 saturated heterocycles. The normalized spacial score (nSPS) is 24.3. The van der Waals surface area contributed by atoms with Gasteiger partial charge in [0, 0.05) is 6.04 Å². The van der Waals surface area contributed by atoms with E-state index in [9.17, 15) is 4.79 Å². The Hall–Kier alpha value is -1.39. The molecular weight excluding hydrogens is 204 g/mol. The summed E-state index contributed by atoms with van der Waals surface area (Å²) in [4.78, 5) is 11.7. The summed E-state index contributed by atoms with van der Waals surface area (Å²) in [5.74, 6) is -0.256.